The molecule has 0 aliphatic heterocycles. The zero-order chi connectivity index (χ0) is 11.4. The molecule has 1 aromatic rings. The lowest BCUT2D eigenvalue weighted by molar-refractivity contribution is 0.0985. The molecule has 2 N–H and O–H groups in total. The Bertz CT molecular complexity index is 364. The maximum absolute atomic E-state index is 13.5. The van der Waals surface area contributed by atoms with Gasteiger partial charge in [-0.05, 0) is 24.7 Å². The molecule has 1 rings (SSSR count). The predicted octanol–water partition coefficient (Wildman–Crippen LogP) is 1.42. The normalized spacial score (nSPS) is 10.1. The highest BCUT2D eigenvalue weighted by Gasteiger charge is 2.09. The Hall–Kier alpha value is -1.42. The van der Waals surface area contributed by atoms with Crippen molar-refractivity contribution >= 4 is 11.5 Å². The van der Waals surface area contributed by atoms with Crippen LogP contribution in [0.5, 0.6) is 0 Å². The van der Waals surface area contributed by atoms with Crippen molar-refractivity contribution in [3.8, 4) is 0 Å². The number of ketones is 1. The van der Waals surface area contributed by atoms with Crippen molar-refractivity contribution in [2.75, 3.05) is 25.5 Å². The lowest BCUT2D eigenvalue weighted by Crippen LogP contribution is -2.12. The largest absolute Gasteiger partial charge is 0.375 e. The van der Waals surface area contributed by atoms with Crippen LogP contribution in [0.1, 0.15) is 16.8 Å². The second-order valence-corrected chi connectivity index (χ2v) is 3.52. The van der Waals surface area contributed by atoms with Crippen LogP contribution >= 0.6 is 0 Å². The van der Waals surface area contributed by atoms with Crippen LogP contribution in [-0.2, 0) is 0 Å². The van der Waals surface area contributed by atoms with Crippen LogP contribution in [0.2, 0.25) is 0 Å². The summed E-state index contributed by atoms with van der Waals surface area (Å²) >= 11 is 0. The van der Waals surface area contributed by atoms with Crippen LogP contribution in [0.3, 0.4) is 0 Å². The van der Waals surface area contributed by atoms with Gasteiger partial charge in [-0.3, -0.25) is 4.79 Å². The van der Waals surface area contributed by atoms with Gasteiger partial charge in [-0.25, -0.2) is 4.39 Å². The van der Waals surface area contributed by atoms with Crippen LogP contribution in [0, 0.1) is 5.82 Å². The Labute approximate surface area is 88.7 Å². The standard InChI is InChI=1S/C11H15FN2O/c1-14(2)10-4-3-8(7-9(10)12)11(15)5-6-13/h3-4,7H,5-6,13H2,1-2H3. The summed E-state index contributed by atoms with van der Waals surface area (Å²) in [5, 5.41) is 0. The van der Waals surface area contributed by atoms with Crippen molar-refractivity contribution < 1.29 is 9.18 Å². The first-order chi connectivity index (χ1) is 7.06. The first-order valence-electron chi connectivity index (χ1n) is 4.76. The van der Waals surface area contributed by atoms with Gasteiger partial charge in [-0.15, -0.1) is 0 Å². The third kappa shape index (κ3) is 2.76. The van der Waals surface area contributed by atoms with E-state index in [0.29, 0.717) is 11.3 Å². The zero-order valence-corrected chi connectivity index (χ0v) is 8.96. The fourth-order valence-corrected chi connectivity index (χ4v) is 1.32. The lowest BCUT2D eigenvalue weighted by atomic mass is 10.1. The molecule has 0 saturated heterocycles. The number of hydrogen-bond acceptors (Lipinski definition) is 3. The minimum atomic E-state index is -0.386. The number of hydrogen-bond donors (Lipinski definition) is 1. The summed E-state index contributed by atoms with van der Waals surface area (Å²) in [5.41, 5.74) is 6.11. The molecule has 82 valence electrons. The number of carbonyl (C=O) groups excluding carboxylic acids is 1. The van der Waals surface area contributed by atoms with Crippen LogP contribution < -0.4 is 10.6 Å². The Kier molecular flexibility index (Phi) is 3.80. The third-order valence-corrected chi connectivity index (χ3v) is 2.12. The smallest absolute Gasteiger partial charge is 0.164 e. The van der Waals surface area contributed by atoms with E-state index in [1.54, 1.807) is 31.1 Å². The van der Waals surface area contributed by atoms with Gasteiger partial charge in [0.25, 0.3) is 0 Å². The average molecular weight is 210 g/mol. The quantitative estimate of drug-likeness (QED) is 0.764. The van der Waals surface area contributed by atoms with Crippen molar-refractivity contribution in [3.05, 3.63) is 29.6 Å². The number of nitrogens with zero attached hydrogens (tertiary/aromatic N) is 1. The van der Waals surface area contributed by atoms with Crippen molar-refractivity contribution in [2.45, 2.75) is 6.42 Å². The molecule has 1 aromatic carbocycles. The number of carbonyl (C=O) groups is 1. The second kappa shape index (κ2) is 4.89. The number of benzene rings is 1. The van der Waals surface area contributed by atoms with E-state index in [1.807, 2.05) is 0 Å². The molecule has 0 bridgehead atoms. The monoisotopic (exact) mass is 210 g/mol. The second-order valence-electron chi connectivity index (χ2n) is 3.52. The van der Waals surface area contributed by atoms with Gasteiger partial charge in [-0.1, -0.05) is 0 Å². The van der Waals surface area contributed by atoms with E-state index < -0.39 is 0 Å². The molecular weight excluding hydrogens is 195 g/mol. The Morgan fingerprint density at radius 1 is 1.47 bits per heavy atom. The third-order valence-electron chi connectivity index (χ3n) is 2.12. The van der Waals surface area contributed by atoms with Crippen LogP contribution in [0.15, 0.2) is 18.2 Å². The highest BCUT2D eigenvalue weighted by atomic mass is 19.1. The maximum atomic E-state index is 13.5. The molecule has 0 unspecified atom stereocenters. The summed E-state index contributed by atoms with van der Waals surface area (Å²) in [6, 6.07) is 4.48. The highest BCUT2D eigenvalue weighted by Crippen LogP contribution is 2.18. The summed E-state index contributed by atoms with van der Waals surface area (Å²) in [5.74, 6) is -0.510. The van der Waals surface area contributed by atoms with Gasteiger partial charge in [0.15, 0.2) is 5.78 Å². The van der Waals surface area contributed by atoms with Gasteiger partial charge < -0.3 is 10.6 Å². The van der Waals surface area contributed by atoms with Gasteiger partial charge in [0.05, 0.1) is 5.69 Å². The first kappa shape index (κ1) is 11.7. The van der Waals surface area contributed by atoms with Gasteiger partial charge in [0.2, 0.25) is 0 Å². The molecule has 0 fully saturated rings. The predicted molar refractivity (Wildman–Crippen MR) is 58.7 cm³/mol. The molecule has 0 spiro atoms. The molecular formula is C11H15FN2O. The number of anilines is 1. The van der Waals surface area contributed by atoms with Gasteiger partial charge in [-0.2, -0.15) is 0 Å². The lowest BCUT2D eigenvalue weighted by Gasteiger charge is -2.13. The molecule has 4 heteroatoms. The molecule has 0 aliphatic rings. The molecule has 0 saturated carbocycles. The van der Waals surface area contributed by atoms with E-state index in [0.717, 1.165) is 0 Å². The average Bonchev–Trinajstić information content (AvgIpc) is 2.17. The summed E-state index contributed by atoms with van der Waals surface area (Å²) in [4.78, 5) is 13.1. The molecule has 0 aliphatic carbocycles. The summed E-state index contributed by atoms with van der Waals surface area (Å²) in [7, 11) is 3.50. The fourth-order valence-electron chi connectivity index (χ4n) is 1.32. The molecule has 0 radical (unpaired) electrons. The number of halogens is 1. The number of nitrogens with two attached hydrogens (primary N) is 1. The van der Waals surface area contributed by atoms with E-state index in [1.165, 1.54) is 6.07 Å². The number of Topliss-reactive ketones (excluding diaryl/α,β-unsaturated/α-hetero) is 1. The first-order valence-corrected chi connectivity index (χ1v) is 4.76. The highest BCUT2D eigenvalue weighted by molar-refractivity contribution is 5.96. The Morgan fingerprint density at radius 3 is 2.60 bits per heavy atom. The van der Waals surface area contributed by atoms with E-state index >= 15 is 0 Å². The molecule has 15 heavy (non-hydrogen) atoms. The van der Waals surface area contributed by atoms with E-state index in [-0.39, 0.29) is 24.6 Å². The topological polar surface area (TPSA) is 46.3 Å². The van der Waals surface area contributed by atoms with Crippen molar-refractivity contribution in [3.63, 3.8) is 0 Å². The molecule has 0 atom stereocenters. The van der Waals surface area contributed by atoms with Gasteiger partial charge in [0, 0.05) is 26.1 Å². The Balaban J connectivity index is 2.96. The van der Waals surface area contributed by atoms with Crippen LogP contribution in [-0.4, -0.2) is 26.4 Å². The SMILES string of the molecule is CN(C)c1ccc(C(=O)CCN)cc1F. The summed E-state index contributed by atoms with van der Waals surface area (Å²) in [6.45, 7) is 0.288. The minimum Gasteiger partial charge on any atom is -0.375 e. The summed E-state index contributed by atoms with van der Waals surface area (Å²) in [6.07, 6.45) is 0.251. The summed E-state index contributed by atoms with van der Waals surface area (Å²) < 4.78 is 13.5. The molecule has 0 amide bonds. The Morgan fingerprint density at radius 2 is 2.13 bits per heavy atom. The van der Waals surface area contributed by atoms with E-state index in [9.17, 15) is 9.18 Å². The van der Waals surface area contributed by atoms with Crippen LogP contribution in [0.25, 0.3) is 0 Å². The van der Waals surface area contributed by atoms with Gasteiger partial charge >= 0.3 is 0 Å². The zero-order valence-electron chi connectivity index (χ0n) is 8.96. The fraction of sp³-hybridized carbons (Fsp3) is 0.364. The van der Waals surface area contributed by atoms with Crippen molar-refractivity contribution in [1.29, 1.82) is 0 Å². The maximum Gasteiger partial charge on any atom is 0.164 e. The van der Waals surface area contributed by atoms with Gasteiger partial charge in [0.1, 0.15) is 5.82 Å². The molecule has 0 heterocycles. The van der Waals surface area contributed by atoms with E-state index in [4.69, 9.17) is 5.73 Å². The number of rotatable bonds is 4. The van der Waals surface area contributed by atoms with Crippen molar-refractivity contribution in [2.24, 2.45) is 5.73 Å². The van der Waals surface area contributed by atoms with Crippen molar-refractivity contribution in [1.82, 2.24) is 0 Å². The minimum absolute atomic E-state index is 0.123. The molecule has 3 nitrogen and oxygen atoms in total. The molecule has 0 aromatic heterocycles. The van der Waals surface area contributed by atoms with E-state index in [2.05, 4.69) is 0 Å². The van der Waals surface area contributed by atoms with Crippen LogP contribution in [0.4, 0.5) is 10.1 Å².